The molecule has 0 aliphatic heterocycles. The Morgan fingerprint density at radius 3 is 1.43 bits per heavy atom. The van der Waals surface area contributed by atoms with Crippen molar-refractivity contribution in [2.75, 3.05) is 0 Å². The second-order valence-electron chi connectivity index (χ2n) is 11.3. The van der Waals surface area contributed by atoms with Crippen LogP contribution in [-0.4, -0.2) is 9.97 Å². The molecule has 0 saturated carbocycles. The number of nitrogens with zero attached hydrogens (tertiary/aromatic N) is 2. The van der Waals surface area contributed by atoms with Gasteiger partial charge in [-0.05, 0) is 74.2 Å². The monoisotopic (exact) mass is 624 g/mol. The fourth-order valence-corrected chi connectivity index (χ4v) is 10.4. The minimum absolute atomic E-state index is 0.967. The molecule has 2 aromatic carbocycles. The van der Waals surface area contributed by atoms with Gasteiger partial charge in [-0.1, -0.05) is 64.5 Å². The Balaban J connectivity index is 1.32. The highest BCUT2D eigenvalue weighted by atomic mass is 32.1. The van der Waals surface area contributed by atoms with Gasteiger partial charge >= 0.3 is 0 Å². The van der Waals surface area contributed by atoms with Crippen molar-refractivity contribution in [1.82, 2.24) is 9.97 Å². The predicted octanol–water partition coefficient (Wildman–Crippen LogP) is 12.9. The van der Waals surface area contributed by atoms with E-state index in [0.717, 1.165) is 22.1 Å². The maximum absolute atomic E-state index is 5.22. The lowest BCUT2D eigenvalue weighted by Gasteiger charge is -2.04. The molecule has 0 saturated heterocycles. The standard InChI is InChI=1S/C36H36N2S4/c1-3-5-7-9-13-23-17-19-29(39-23)31-21-25-26-22-32(30-20-18-24(40-30)14-10-8-6-4-2)42-36(26)34-33(35(25)41-31)37-27-15-11-12-16-28(27)38-34/h11-12,15-22H,3-10,13-14H2,1-2H3. The Morgan fingerprint density at radius 1 is 0.500 bits per heavy atom. The molecular weight excluding hydrogens is 589 g/mol. The first kappa shape index (κ1) is 28.1. The Morgan fingerprint density at radius 2 is 0.976 bits per heavy atom. The van der Waals surface area contributed by atoms with Crippen LogP contribution in [-0.2, 0) is 12.8 Å². The van der Waals surface area contributed by atoms with Crippen molar-refractivity contribution in [3.05, 3.63) is 70.4 Å². The quantitative estimate of drug-likeness (QED) is 0.0998. The van der Waals surface area contributed by atoms with E-state index < -0.39 is 0 Å². The van der Waals surface area contributed by atoms with Crippen LogP contribution in [0.2, 0.25) is 0 Å². The molecule has 0 N–H and O–H groups in total. The van der Waals surface area contributed by atoms with Gasteiger partial charge < -0.3 is 0 Å². The van der Waals surface area contributed by atoms with Gasteiger partial charge in [0.05, 0.1) is 20.4 Å². The van der Waals surface area contributed by atoms with Crippen molar-refractivity contribution < 1.29 is 0 Å². The number of benzene rings is 2. The largest absolute Gasteiger partial charge is 0.243 e. The highest BCUT2D eigenvalue weighted by molar-refractivity contribution is 7.28. The van der Waals surface area contributed by atoms with Crippen LogP contribution in [0, 0.1) is 0 Å². The van der Waals surface area contributed by atoms with Gasteiger partial charge in [-0.15, -0.1) is 45.3 Å². The van der Waals surface area contributed by atoms with Crippen LogP contribution < -0.4 is 0 Å². The van der Waals surface area contributed by atoms with Gasteiger partial charge in [0.15, 0.2) is 0 Å². The molecule has 42 heavy (non-hydrogen) atoms. The molecule has 7 rings (SSSR count). The molecule has 0 atom stereocenters. The van der Waals surface area contributed by atoms with Crippen molar-refractivity contribution >= 4 is 87.6 Å². The normalized spacial score (nSPS) is 12.0. The summed E-state index contributed by atoms with van der Waals surface area (Å²) in [6.07, 6.45) is 12.9. The van der Waals surface area contributed by atoms with Gasteiger partial charge in [0.2, 0.25) is 0 Å². The fraction of sp³-hybridized carbons (Fsp3) is 0.333. The zero-order valence-corrected chi connectivity index (χ0v) is 27.6. The van der Waals surface area contributed by atoms with Gasteiger partial charge in [0.25, 0.3) is 0 Å². The van der Waals surface area contributed by atoms with E-state index in [2.05, 4.69) is 74.5 Å². The molecule has 0 radical (unpaired) electrons. The second kappa shape index (κ2) is 12.5. The van der Waals surface area contributed by atoms with Crippen molar-refractivity contribution in [2.45, 2.75) is 78.1 Å². The van der Waals surface area contributed by atoms with Crippen molar-refractivity contribution in [3.8, 4) is 19.5 Å². The van der Waals surface area contributed by atoms with E-state index in [0.29, 0.717) is 0 Å². The van der Waals surface area contributed by atoms with Gasteiger partial charge in [-0.25, -0.2) is 9.97 Å². The molecule has 0 amide bonds. The molecule has 5 heterocycles. The van der Waals surface area contributed by atoms with Crippen LogP contribution in [0.1, 0.15) is 75.0 Å². The van der Waals surface area contributed by atoms with E-state index in [-0.39, 0.29) is 0 Å². The highest BCUT2D eigenvalue weighted by Crippen LogP contribution is 2.48. The number of hydrogen-bond acceptors (Lipinski definition) is 6. The van der Waals surface area contributed by atoms with Crippen LogP contribution in [0.25, 0.3) is 61.7 Å². The van der Waals surface area contributed by atoms with Gasteiger partial charge in [0, 0.05) is 40.0 Å². The average molecular weight is 625 g/mol. The molecule has 0 bridgehead atoms. The SMILES string of the molecule is CCCCCCc1ccc(-c2cc3c4cc(-c5ccc(CCCCCC)s5)sc4c4nc5ccccc5nc4c3s2)s1. The average Bonchev–Trinajstić information content (AvgIpc) is 3.82. The number of rotatable bonds is 12. The molecule has 2 nitrogen and oxygen atoms in total. The molecule has 5 aromatic heterocycles. The first-order chi connectivity index (χ1) is 20.7. The maximum atomic E-state index is 5.22. The lowest BCUT2D eigenvalue weighted by Crippen LogP contribution is -1.87. The number of hydrogen-bond donors (Lipinski definition) is 0. The van der Waals surface area contributed by atoms with E-state index in [1.807, 2.05) is 45.3 Å². The molecular formula is C36H36N2S4. The molecule has 214 valence electrons. The Bertz CT molecular complexity index is 1840. The van der Waals surface area contributed by atoms with E-state index >= 15 is 0 Å². The lowest BCUT2D eigenvalue weighted by atomic mass is 10.1. The molecule has 0 spiro atoms. The smallest absolute Gasteiger partial charge is 0.109 e. The van der Waals surface area contributed by atoms with E-state index in [9.17, 15) is 0 Å². The number of aryl methyl sites for hydroxylation is 2. The summed E-state index contributed by atoms with van der Waals surface area (Å²) < 4.78 is 2.52. The number of para-hydroxylation sites is 2. The van der Waals surface area contributed by atoms with Crippen molar-refractivity contribution in [1.29, 1.82) is 0 Å². The predicted molar refractivity (Wildman–Crippen MR) is 190 cm³/mol. The minimum Gasteiger partial charge on any atom is -0.243 e. The Hall–Kier alpha value is -2.64. The molecule has 0 aliphatic rings. The summed E-state index contributed by atoms with van der Waals surface area (Å²) in [6.45, 7) is 4.56. The van der Waals surface area contributed by atoms with Crippen LogP contribution in [0.15, 0.2) is 60.7 Å². The van der Waals surface area contributed by atoms with Crippen LogP contribution in [0.3, 0.4) is 0 Å². The number of unbranched alkanes of at least 4 members (excludes halogenated alkanes) is 6. The molecule has 0 aliphatic carbocycles. The Kier molecular flexibility index (Phi) is 8.40. The number of thiophene rings is 4. The van der Waals surface area contributed by atoms with Gasteiger partial charge in [-0.2, -0.15) is 0 Å². The summed E-state index contributed by atoms with van der Waals surface area (Å²) in [5, 5.41) is 2.64. The van der Waals surface area contributed by atoms with Crippen LogP contribution >= 0.6 is 45.3 Å². The topological polar surface area (TPSA) is 25.8 Å². The van der Waals surface area contributed by atoms with E-state index in [1.54, 1.807) is 0 Å². The molecule has 0 fully saturated rings. The zero-order chi connectivity index (χ0) is 28.5. The minimum atomic E-state index is 0.967. The zero-order valence-electron chi connectivity index (χ0n) is 24.4. The molecule has 6 heteroatoms. The fourth-order valence-electron chi connectivity index (χ4n) is 5.83. The van der Waals surface area contributed by atoms with Crippen molar-refractivity contribution in [2.24, 2.45) is 0 Å². The van der Waals surface area contributed by atoms with Crippen LogP contribution in [0.4, 0.5) is 0 Å². The maximum Gasteiger partial charge on any atom is 0.109 e. The molecule has 0 unspecified atom stereocenters. The summed E-state index contributed by atoms with van der Waals surface area (Å²) in [6, 6.07) is 22.5. The Labute approximate surface area is 264 Å². The summed E-state index contributed by atoms with van der Waals surface area (Å²) in [5.74, 6) is 0. The van der Waals surface area contributed by atoms with Gasteiger partial charge in [-0.3, -0.25) is 0 Å². The number of aromatic nitrogens is 2. The lowest BCUT2D eigenvalue weighted by molar-refractivity contribution is 0.670. The summed E-state index contributed by atoms with van der Waals surface area (Å²) in [7, 11) is 0. The van der Waals surface area contributed by atoms with E-state index in [1.165, 1.54) is 114 Å². The highest BCUT2D eigenvalue weighted by Gasteiger charge is 2.20. The summed E-state index contributed by atoms with van der Waals surface area (Å²) in [5.41, 5.74) is 4.02. The second-order valence-corrected chi connectivity index (χ2v) is 15.7. The van der Waals surface area contributed by atoms with Crippen molar-refractivity contribution in [3.63, 3.8) is 0 Å². The summed E-state index contributed by atoms with van der Waals surface area (Å²) in [4.78, 5) is 18.9. The third-order valence-corrected chi connectivity index (χ3v) is 13.1. The molecule has 7 aromatic rings. The first-order valence-corrected chi connectivity index (χ1v) is 18.7. The third-order valence-electron chi connectivity index (χ3n) is 8.12. The van der Waals surface area contributed by atoms with Gasteiger partial charge in [0.1, 0.15) is 11.0 Å². The third kappa shape index (κ3) is 5.55. The van der Waals surface area contributed by atoms with E-state index in [4.69, 9.17) is 9.97 Å². The summed E-state index contributed by atoms with van der Waals surface area (Å²) >= 11 is 7.70. The number of fused-ring (bicyclic) bond motifs is 7. The van der Waals surface area contributed by atoms with Crippen LogP contribution in [0.5, 0.6) is 0 Å². The first-order valence-electron chi connectivity index (χ1n) is 15.5.